The zero-order valence-corrected chi connectivity index (χ0v) is 9.22. The normalized spacial score (nSPS) is 13.2. The van der Waals surface area contributed by atoms with Crippen LogP contribution in [0, 0.1) is 0 Å². The zero-order chi connectivity index (χ0) is 9.61. The molecule has 0 aromatic heterocycles. The monoisotopic (exact) mass is 169 g/mol. The van der Waals surface area contributed by atoms with E-state index in [1.807, 2.05) is 0 Å². The van der Waals surface area contributed by atoms with Gasteiger partial charge in [-0.3, -0.25) is 4.90 Å². The van der Waals surface area contributed by atoms with E-state index < -0.39 is 0 Å². The van der Waals surface area contributed by atoms with E-state index in [2.05, 4.69) is 51.7 Å². The first-order valence-electron chi connectivity index (χ1n) is 4.88. The highest BCUT2D eigenvalue weighted by molar-refractivity contribution is 4.86. The number of nitrogens with zero attached hydrogens (tertiary/aromatic N) is 1. The Labute approximate surface area is 77.5 Å². The summed E-state index contributed by atoms with van der Waals surface area (Å²) in [7, 11) is 0. The molecule has 0 unspecified atom stereocenters. The Bertz CT molecular complexity index is 130. The number of hydrogen-bond donors (Lipinski definition) is 0. The van der Waals surface area contributed by atoms with Gasteiger partial charge in [0.25, 0.3) is 0 Å². The fourth-order valence-corrected chi connectivity index (χ4v) is 1.20. The van der Waals surface area contributed by atoms with Crippen molar-refractivity contribution in [2.45, 2.75) is 46.6 Å². The van der Waals surface area contributed by atoms with E-state index >= 15 is 0 Å². The molecule has 0 rings (SSSR count). The van der Waals surface area contributed by atoms with Gasteiger partial charge in [-0.1, -0.05) is 19.1 Å². The first-order valence-corrected chi connectivity index (χ1v) is 4.88. The van der Waals surface area contributed by atoms with Gasteiger partial charge in [0.2, 0.25) is 0 Å². The van der Waals surface area contributed by atoms with Crippen molar-refractivity contribution < 1.29 is 0 Å². The van der Waals surface area contributed by atoms with Crippen molar-refractivity contribution in [2.75, 3.05) is 13.1 Å². The van der Waals surface area contributed by atoms with E-state index in [1.165, 1.54) is 13.0 Å². The molecule has 12 heavy (non-hydrogen) atoms. The van der Waals surface area contributed by atoms with E-state index in [9.17, 15) is 0 Å². The summed E-state index contributed by atoms with van der Waals surface area (Å²) in [6.45, 7) is 13.4. The predicted molar refractivity (Wildman–Crippen MR) is 56.4 cm³/mol. The Morgan fingerprint density at radius 3 is 2.17 bits per heavy atom. The Morgan fingerprint density at radius 2 is 1.83 bits per heavy atom. The second-order valence-electron chi connectivity index (χ2n) is 4.19. The molecule has 0 heterocycles. The molecule has 0 bridgehead atoms. The Hall–Kier alpha value is -0.300. The predicted octanol–water partition coefficient (Wildman–Crippen LogP) is 3.07. The van der Waals surface area contributed by atoms with Crippen LogP contribution in [0.5, 0.6) is 0 Å². The minimum Gasteiger partial charge on any atom is -0.295 e. The SMILES string of the molecule is CC=CCN(CCC)C(C)(C)C. The van der Waals surface area contributed by atoms with Gasteiger partial charge in [0.1, 0.15) is 0 Å². The smallest absolute Gasteiger partial charge is 0.0168 e. The summed E-state index contributed by atoms with van der Waals surface area (Å²) in [5.41, 5.74) is 0.301. The van der Waals surface area contributed by atoms with Crippen LogP contribution in [-0.4, -0.2) is 23.5 Å². The Kier molecular flexibility index (Phi) is 5.23. The van der Waals surface area contributed by atoms with Gasteiger partial charge in [-0.25, -0.2) is 0 Å². The molecule has 0 aliphatic rings. The fourth-order valence-electron chi connectivity index (χ4n) is 1.20. The lowest BCUT2D eigenvalue weighted by molar-refractivity contribution is 0.154. The molecular formula is C11H23N. The van der Waals surface area contributed by atoms with Crippen molar-refractivity contribution in [3.8, 4) is 0 Å². The van der Waals surface area contributed by atoms with Gasteiger partial charge in [-0.05, 0) is 40.7 Å². The molecule has 0 aromatic rings. The maximum absolute atomic E-state index is 2.49. The van der Waals surface area contributed by atoms with Gasteiger partial charge < -0.3 is 0 Å². The first-order chi connectivity index (χ1) is 5.52. The molecule has 0 atom stereocenters. The maximum atomic E-state index is 2.49. The molecule has 0 amide bonds. The van der Waals surface area contributed by atoms with E-state index in [0.29, 0.717) is 5.54 Å². The largest absolute Gasteiger partial charge is 0.295 e. The van der Waals surface area contributed by atoms with Gasteiger partial charge in [0, 0.05) is 12.1 Å². The van der Waals surface area contributed by atoms with Crippen LogP contribution in [0.2, 0.25) is 0 Å². The van der Waals surface area contributed by atoms with Crippen LogP contribution in [0.4, 0.5) is 0 Å². The zero-order valence-electron chi connectivity index (χ0n) is 9.22. The lowest BCUT2D eigenvalue weighted by Gasteiger charge is -2.34. The highest BCUT2D eigenvalue weighted by atomic mass is 15.2. The molecule has 0 fully saturated rings. The lowest BCUT2D eigenvalue weighted by atomic mass is 10.1. The molecule has 0 radical (unpaired) electrons. The molecule has 72 valence electrons. The van der Waals surface area contributed by atoms with Crippen LogP contribution in [0.3, 0.4) is 0 Å². The van der Waals surface area contributed by atoms with Gasteiger partial charge in [-0.15, -0.1) is 0 Å². The summed E-state index contributed by atoms with van der Waals surface area (Å²) in [6, 6.07) is 0. The van der Waals surface area contributed by atoms with Crippen molar-refractivity contribution >= 4 is 0 Å². The molecule has 0 aliphatic carbocycles. The highest BCUT2D eigenvalue weighted by Crippen LogP contribution is 2.12. The molecule has 1 nitrogen and oxygen atoms in total. The summed E-state index contributed by atoms with van der Waals surface area (Å²) in [5.74, 6) is 0. The topological polar surface area (TPSA) is 3.24 Å². The highest BCUT2D eigenvalue weighted by Gasteiger charge is 2.18. The Balaban J connectivity index is 4.03. The summed E-state index contributed by atoms with van der Waals surface area (Å²) < 4.78 is 0. The fraction of sp³-hybridized carbons (Fsp3) is 0.818. The standard InChI is InChI=1S/C11H23N/c1-6-8-10-12(9-7-2)11(3,4)5/h6,8H,7,9-10H2,1-5H3. The van der Waals surface area contributed by atoms with Crippen LogP contribution < -0.4 is 0 Å². The number of allylic oxidation sites excluding steroid dienone is 1. The van der Waals surface area contributed by atoms with E-state index in [4.69, 9.17) is 0 Å². The van der Waals surface area contributed by atoms with Crippen molar-refractivity contribution in [3.05, 3.63) is 12.2 Å². The van der Waals surface area contributed by atoms with Gasteiger partial charge in [0.15, 0.2) is 0 Å². The summed E-state index contributed by atoms with van der Waals surface area (Å²) in [6.07, 6.45) is 5.57. The minimum atomic E-state index is 0.301. The minimum absolute atomic E-state index is 0.301. The number of rotatable bonds is 4. The average molecular weight is 169 g/mol. The second kappa shape index (κ2) is 5.36. The van der Waals surface area contributed by atoms with E-state index in [1.54, 1.807) is 0 Å². The second-order valence-corrected chi connectivity index (χ2v) is 4.19. The van der Waals surface area contributed by atoms with Crippen molar-refractivity contribution in [3.63, 3.8) is 0 Å². The Morgan fingerprint density at radius 1 is 1.25 bits per heavy atom. The van der Waals surface area contributed by atoms with Crippen LogP contribution in [0.1, 0.15) is 41.0 Å². The number of hydrogen-bond acceptors (Lipinski definition) is 1. The molecule has 0 N–H and O–H groups in total. The molecule has 1 heteroatoms. The van der Waals surface area contributed by atoms with E-state index in [0.717, 1.165) is 6.54 Å². The first kappa shape index (κ1) is 11.7. The lowest BCUT2D eigenvalue weighted by Crippen LogP contribution is -2.41. The van der Waals surface area contributed by atoms with Crippen molar-refractivity contribution in [1.82, 2.24) is 4.90 Å². The van der Waals surface area contributed by atoms with Crippen LogP contribution in [0.15, 0.2) is 12.2 Å². The molecule has 0 saturated heterocycles. The van der Waals surface area contributed by atoms with Crippen LogP contribution >= 0.6 is 0 Å². The van der Waals surface area contributed by atoms with Gasteiger partial charge >= 0.3 is 0 Å². The van der Waals surface area contributed by atoms with Gasteiger partial charge in [0.05, 0.1) is 0 Å². The third-order valence-corrected chi connectivity index (χ3v) is 2.00. The van der Waals surface area contributed by atoms with Crippen LogP contribution in [-0.2, 0) is 0 Å². The molecular weight excluding hydrogens is 146 g/mol. The van der Waals surface area contributed by atoms with Crippen molar-refractivity contribution in [1.29, 1.82) is 0 Å². The third kappa shape index (κ3) is 4.55. The summed E-state index contributed by atoms with van der Waals surface area (Å²) in [5, 5.41) is 0. The van der Waals surface area contributed by atoms with Gasteiger partial charge in [-0.2, -0.15) is 0 Å². The van der Waals surface area contributed by atoms with E-state index in [-0.39, 0.29) is 0 Å². The molecule has 0 aliphatic heterocycles. The molecule has 0 aromatic carbocycles. The quantitative estimate of drug-likeness (QED) is 0.585. The summed E-state index contributed by atoms with van der Waals surface area (Å²) in [4.78, 5) is 2.49. The van der Waals surface area contributed by atoms with Crippen molar-refractivity contribution in [2.24, 2.45) is 0 Å². The van der Waals surface area contributed by atoms with Crippen LogP contribution in [0.25, 0.3) is 0 Å². The molecule has 0 spiro atoms. The summed E-state index contributed by atoms with van der Waals surface area (Å²) >= 11 is 0. The average Bonchev–Trinajstić information content (AvgIpc) is 1.95. The third-order valence-electron chi connectivity index (χ3n) is 2.00. The molecule has 0 saturated carbocycles. The maximum Gasteiger partial charge on any atom is 0.0168 e.